The van der Waals surface area contributed by atoms with Crippen molar-refractivity contribution in [1.29, 1.82) is 0 Å². The van der Waals surface area contributed by atoms with Crippen molar-refractivity contribution in [3.8, 4) is 0 Å². The number of rotatable bonds is 5. The van der Waals surface area contributed by atoms with E-state index in [2.05, 4.69) is 0 Å². The number of aliphatic hydroxyl groups is 2. The van der Waals surface area contributed by atoms with E-state index in [9.17, 15) is 14.7 Å². The number of ether oxygens (including phenoxy) is 2. The van der Waals surface area contributed by atoms with Crippen molar-refractivity contribution in [2.24, 2.45) is 28.1 Å². The molecular weight excluding hydrogens is 434 g/mol. The van der Waals surface area contributed by atoms with Crippen molar-refractivity contribution in [2.75, 3.05) is 13.9 Å². The predicted octanol–water partition coefficient (Wildman–Crippen LogP) is 3.56. The zero-order valence-electron chi connectivity index (χ0n) is 19.7. The van der Waals surface area contributed by atoms with E-state index in [0.717, 1.165) is 12.5 Å². The summed E-state index contributed by atoms with van der Waals surface area (Å²) in [7, 11) is 1.35. The summed E-state index contributed by atoms with van der Waals surface area (Å²) in [6.45, 7) is 4.61. The van der Waals surface area contributed by atoms with Crippen molar-refractivity contribution < 1.29 is 38.1 Å². The van der Waals surface area contributed by atoms with Gasteiger partial charge in [-0.3, -0.25) is 9.59 Å². The van der Waals surface area contributed by atoms with Crippen LogP contribution in [-0.4, -0.2) is 53.8 Å². The van der Waals surface area contributed by atoms with Gasteiger partial charge in [0.25, 0.3) is 0 Å². The van der Waals surface area contributed by atoms with Crippen molar-refractivity contribution in [2.45, 2.75) is 77.2 Å². The molecule has 2 N–H and O–H groups in total. The second-order valence-electron chi connectivity index (χ2n) is 10.6. The lowest BCUT2D eigenvalue weighted by atomic mass is 9.43. The first kappa shape index (κ1) is 24.3. The number of halogens is 2. The number of hydrogen-bond acceptors (Lipinski definition) is 6. The van der Waals surface area contributed by atoms with Crippen LogP contribution in [-0.2, 0) is 19.1 Å². The normalized spacial score (nSPS) is 46.5. The molecule has 184 valence electrons. The van der Waals surface area contributed by atoms with Gasteiger partial charge in [-0.15, -0.1) is 0 Å². The minimum atomic E-state index is -2.27. The van der Waals surface area contributed by atoms with Gasteiger partial charge in [-0.2, -0.15) is 0 Å². The van der Waals surface area contributed by atoms with Gasteiger partial charge in [-0.05, 0) is 68.1 Å². The summed E-state index contributed by atoms with van der Waals surface area (Å²) in [4.78, 5) is 25.5. The highest BCUT2D eigenvalue weighted by atomic mass is 19.1. The summed E-state index contributed by atoms with van der Waals surface area (Å²) in [5, 5.41) is 20.6. The number of alkyl halides is 2. The Morgan fingerprint density at radius 1 is 1.30 bits per heavy atom. The molecule has 0 amide bonds. The first-order valence-electron chi connectivity index (χ1n) is 11.8. The summed E-state index contributed by atoms with van der Waals surface area (Å²) >= 11 is 0. The van der Waals surface area contributed by atoms with E-state index in [4.69, 9.17) is 14.6 Å². The molecule has 33 heavy (non-hydrogen) atoms. The molecule has 0 aromatic carbocycles. The molecule has 2 unspecified atom stereocenters. The molecule has 0 aliphatic heterocycles. The summed E-state index contributed by atoms with van der Waals surface area (Å²) in [5.74, 6) is -2.46. The van der Waals surface area contributed by atoms with Gasteiger partial charge >= 0.3 is 5.97 Å². The van der Waals surface area contributed by atoms with Crippen LogP contribution >= 0.6 is 0 Å². The van der Waals surface area contributed by atoms with Crippen molar-refractivity contribution >= 4 is 11.8 Å². The molecule has 4 rings (SSSR count). The number of esters is 1. The molecule has 0 bridgehead atoms. The lowest BCUT2D eigenvalue weighted by Crippen LogP contribution is -2.69. The van der Waals surface area contributed by atoms with Gasteiger partial charge < -0.3 is 19.7 Å². The topological polar surface area (TPSA) is 93.1 Å². The molecule has 0 aromatic rings. The first-order chi connectivity index (χ1) is 15.5. The standard InChI is InChI=1S/C25H34F2O6/c1-5-7-24(21(31)32-4)8-6-14-15-9-17(26)16-10-18(29)19(33-13-28)11-23(16,3)25(15,27)20(30)12-22(14,24)2/h10-11,14-15,17,20,28,30H,5-9,12-13H2,1-4H3/t14?,15?,17-,20-,22-,23-,24+,25-/m0/s1. The Hall–Kier alpha value is -1.80. The minimum absolute atomic E-state index is 0.00928. The third-order valence-electron chi connectivity index (χ3n) is 9.54. The summed E-state index contributed by atoms with van der Waals surface area (Å²) < 4.78 is 43.1. The smallest absolute Gasteiger partial charge is 0.312 e. The van der Waals surface area contributed by atoms with E-state index in [1.807, 2.05) is 13.8 Å². The molecule has 0 aromatic heterocycles. The van der Waals surface area contributed by atoms with Crippen LogP contribution in [0, 0.1) is 28.1 Å². The van der Waals surface area contributed by atoms with E-state index in [1.54, 1.807) is 0 Å². The van der Waals surface area contributed by atoms with Crippen LogP contribution in [0.1, 0.15) is 59.3 Å². The summed E-state index contributed by atoms with van der Waals surface area (Å²) in [6, 6.07) is 0. The molecule has 8 atom stereocenters. The molecular formula is C25H34F2O6. The van der Waals surface area contributed by atoms with Crippen LogP contribution in [0.15, 0.2) is 23.5 Å². The van der Waals surface area contributed by atoms with Crippen LogP contribution in [0.3, 0.4) is 0 Å². The zero-order valence-corrected chi connectivity index (χ0v) is 19.7. The monoisotopic (exact) mass is 468 g/mol. The fraction of sp³-hybridized carbons (Fsp3) is 0.760. The quantitative estimate of drug-likeness (QED) is 0.474. The molecule has 4 aliphatic rings. The number of fused-ring (bicyclic) bond motifs is 5. The molecule has 0 saturated heterocycles. The minimum Gasteiger partial charge on any atom is -0.469 e. The first-order valence-corrected chi connectivity index (χ1v) is 11.8. The number of aliphatic hydroxyl groups excluding tert-OH is 2. The Bertz CT molecular complexity index is 917. The van der Waals surface area contributed by atoms with Crippen LogP contribution in [0.2, 0.25) is 0 Å². The molecule has 3 fully saturated rings. The van der Waals surface area contributed by atoms with Gasteiger partial charge in [-0.25, -0.2) is 8.78 Å². The summed E-state index contributed by atoms with van der Waals surface area (Å²) in [5.41, 5.74) is -5.53. The molecule has 8 heteroatoms. The Kier molecular flexibility index (Phi) is 5.80. The van der Waals surface area contributed by atoms with E-state index in [0.29, 0.717) is 19.3 Å². The van der Waals surface area contributed by atoms with Crippen LogP contribution in [0.4, 0.5) is 8.78 Å². The maximum Gasteiger partial charge on any atom is 0.312 e. The fourth-order valence-corrected chi connectivity index (χ4v) is 8.04. The SMILES string of the molecule is CCC[C@]1(C(=O)OC)CCC2C3C[C@H](F)C4=CC(=O)C(OCO)=C[C@]4(C)[C@@]3(F)[C@@H](O)C[C@@]21C. The average molecular weight is 469 g/mol. The van der Waals surface area contributed by atoms with Crippen LogP contribution < -0.4 is 0 Å². The van der Waals surface area contributed by atoms with Gasteiger partial charge in [0.15, 0.2) is 18.2 Å². The van der Waals surface area contributed by atoms with Crippen molar-refractivity contribution in [3.05, 3.63) is 23.5 Å². The highest BCUT2D eigenvalue weighted by Gasteiger charge is 2.75. The Balaban J connectivity index is 1.85. The third kappa shape index (κ3) is 2.89. The highest BCUT2D eigenvalue weighted by Crippen LogP contribution is 2.73. The highest BCUT2D eigenvalue weighted by molar-refractivity contribution is 6.04. The van der Waals surface area contributed by atoms with E-state index < -0.39 is 52.7 Å². The van der Waals surface area contributed by atoms with Gasteiger partial charge in [0.2, 0.25) is 5.78 Å². The molecule has 0 spiro atoms. The maximum atomic E-state index is 17.3. The Morgan fingerprint density at radius 2 is 2.00 bits per heavy atom. The number of ketones is 1. The number of carbonyl (C=O) groups excluding carboxylic acids is 2. The molecule has 6 nitrogen and oxygen atoms in total. The van der Waals surface area contributed by atoms with Crippen LogP contribution in [0.5, 0.6) is 0 Å². The second kappa shape index (κ2) is 7.87. The second-order valence-corrected chi connectivity index (χ2v) is 10.6. The number of hydrogen-bond donors (Lipinski definition) is 2. The zero-order chi connectivity index (χ0) is 24.4. The maximum absolute atomic E-state index is 17.3. The predicted molar refractivity (Wildman–Crippen MR) is 115 cm³/mol. The van der Waals surface area contributed by atoms with Crippen molar-refractivity contribution in [1.82, 2.24) is 0 Å². The molecule has 3 saturated carbocycles. The Morgan fingerprint density at radius 3 is 2.61 bits per heavy atom. The van der Waals surface area contributed by atoms with Crippen LogP contribution in [0.25, 0.3) is 0 Å². The number of allylic oxidation sites excluding steroid dienone is 3. The van der Waals surface area contributed by atoms with Gasteiger partial charge in [0.05, 0.1) is 24.0 Å². The van der Waals surface area contributed by atoms with E-state index in [1.165, 1.54) is 20.1 Å². The van der Waals surface area contributed by atoms with Gasteiger partial charge in [0, 0.05) is 5.92 Å². The fourth-order valence-electron chi connectivity index (χ4n) is 8.04. The largest absolute Gasteiger partial charge is 0.469 e. The van der Waals surface area contributed by atoms with E-state index >= 15 is 8.78 Å². The van der Waals surface area contributed by atoms with Crippen molar-refractivity contribution in [3.63, 3.8) is 0 Å². The number of methoxy groups -OCH3 is 1. The van der Waals surface area contributed by atoms with E-state index in [-0.39, 0.29) is 36.1 Å². The molecule has 0 heterocycles. The van der Waals surface area contributed by atoms with Gasteiger partial charge in [0.1, 0.15) is 6.17 Å². The third-order valence-corrected chi connectivity index (χ3v) is 9.54. The number of carbonyl (C=O) groups is 2. The molecule has 0 radical (unpaired) electrons. The average Bonchev–Trinajstić information content (AvgIpc) is 3.05. The molecule has 4 aliphatic carbocycles. The Labute approximate surface area is 193 Å². The summed E-state index contributed by atoms with van der Waals surface area (Å²) in [6.07, 6.45) is 1.37. The van der Waals surface area contributed by atoms with Gasteiger partial charge in [-0.1, -0.05) is 20.3 Å². The lowest BCUT2D eigenvalue weighted by molar-refractivity contribution is -0.217. The lowest BCUT2D eigenvalue weighted by Gasteiger charge is -2.63.